The summed E-state index contributed by atoms with van der Waals surface area (Å²) in [6.07, 6.45) is 66.3. The van der Waals surface area contributed by atoms with Crippen LogP contribution in [0.25, 0.3) is 0 Å². The number of carbonyl (C=O) groups excluding carboxylic acids is 1. The van der Waals surface area contributed by atoms with Gasteiger partial charge in [-0.2, -0.15) is 0 Å². The summed E-state index contributed by atoms with van der Waals surface area (Å²) in [6, 6.07) is -0.631. The first-order chi connectivity index (χ1) is 26.2. The number of hydrogen-bond donors (Lipinski definition) is 3. The zero-order chi connectivity index (χ0) is 38.6. The Labute approximate surface area is 327 Å². The minimum absolute atomic E-state index is 0.0825. The van der Waals surface area contributed by atoms with Gasteiger partial charge in [0.2, 0.25) is 5.91 Å². The van der Waals surface area contributed by atoms with Crippen molar-refractivity contribution in [3.05, 3.63) is 109 Å². The van der Waals surface area contributed by atoms with Gasteiger partial charge in [0, 0.05) is 6.42 Å². The maximum absolute atomic E-state index is 12.3. The van der Waals surface area contributed by atoms with Crippen LogP contribution in [-0.4, -0.2) is 34.9 Å². The zero-order valence-electron chi connectivity index (χ0n) is 34.2. The predicted octanol–water partition coefficient (Wildman–Crippen LogP) is 13.6. The Kier molecular flexibility index (Phi) is 41.0. The van der Waals surface area contributed by atoms with Crippen LogP contribution >= 0.6 is 0 Å². The van der Waals surface area contributed by atoms with Gasteiger partial charge in [0.15, 0.2) is 0 Å². The van der Waals surface area contributed by atoms with Crippen molar-refractivity contribution in [3.8, 4) is 0 Å². The summed E-state index contributed by atoms with van der Waals surface area (Å²) in [5.74, 6) is -0.0825. The minimum Gasteiger partial charge on any atom is -0.394 e. The molecule has 0 fully saturated rings. The second-order valence-corrected chi connectivity index (χ2v) is 14.0. The van der Waals surface area contributed by atoms with Gasteiger partial charge in [0.25, 0.3) is 0 Å². The molecule has 2 unspecified atom stereocenters. The average Bonchev–Trinajstić information content (AvgIpc) is 3.16. The topological polar surface area (TPSA) is 69.6 Å². The van der Waals surface area contributed by atoms with E-state index in [9.17, 15) is 15.0 Å². The molecule has 3 N–H and O–H groups in total. The molecular weight excluding hydrogens is 651 g/mol. The first kappa shape index (κ1) is 50.1. The number of carbonyl (C=O) groups is 1. The Hall–Kier alpha value is -2.95. The molecule has 0 aliphatic rings. The normalized spacial score (nSPS) is 14.1. The summed E-state index contributed by atoms with van der Waals surface area (Å²) >= 11 is 0. The Balaban J connectivity index is 3.63. The SMILES string of the molecule is CC/C=C\C/C=C\C/C=C\C/C=C\C/C=C\C/C=C\C/C=C\C/C=C\CCCCCCCCCCC(=O)NC(CO)C(O)/C=C/CCCCCCCC. The van der Waals surface area contributed by atoms with E-state index in [0.717, 1.165) is 89.9 Å². The van der Waals surface area contributed by atoms with Crippen molar-refractivity contribution in [1.29, 1.82) is 0 Å². The van der Waals surface area contributed by atoms with Crippen molar-refractivity contribution in [3.63, 3.8) is 0 Å². The van der Waals surface area contributed by atoms with E-state index in [0.29, 0.717) is 6.42 Å². The number of hydrogen-bond acceptors (Lipinski definition) is 3. The van der Waals surface area contributed by atoms with Gasteiger partial charge >= 0.3 is 0 Å². The van der Waals surface area contributed by atoms with Crippen LogP contribution in [0.2, 0.25) is 0 Å². The van der Waals surface area contributed by atoms with E-state index in [4.69, 9.17) is 0 Å². The average molecular weight is 732 g/mol. The molecule has 0 saturated heterocycles. The van der Waals surface area contributed by atoms with E-state index >= 15 is 0 Å². The number of rotatable bonds is 37. The molecular formula is C49H81NO3. The second kappa shape index (κ2) is 43.5. The van der Waals surface area contributed by atoms with Crippen molar-refractivity contribution in [2.75, 3.05) is 6.61 Å². The van der Waals surface area contributed by atoms with Gasteiger partial charge < -0.3 is 15.5 Å². The van der Waals surface area contributed by atoms with E-state index in [1.54, 1.807) is 6.08 Å². The van der Waals surface area contributed by atoms with Crippen molar-refractivity contribution in [2.24, 2.45) is 0 Å². The molecule has 53 heavy (non-hydrogen) atoms. The summed E-state index contributed by atoms with van der Waals surface area (Å²) in [5.41, 5.74) is 0. The lowest BCUT2D eigenvalue weighted by molar-refractivity contribution is -0.123. The third-order valence-electron chi connectivity index (χ3n) is 9.01. The van der Waals surface area contributed by atoms with E-state index in [2.05, 4.69) is 116 Å². The minimum atomic E-state index is -0.846. The first-order valence-corrected chi connectivity index (χ1v) is 21.6. The zero-order valence-corrected chi connectivity index (χ0v) is 34.2. The highest BCUT2D eigenvalue weighted by atomic mass is 16.3. The summed E-state index contributed by atoms with van der Waals surface area (Å²) in [6.45, 7) is 4.13. The van der Waals surface area contributed by atoms with Crippen LogP contribution in [-0.2, 0) is 4.79 Å². The molecule has 0 aromatic heterocycles. The molecule has 0 bridgehead atoms. The molecule has 0 saturated carbocycles. The fraction of sp³-hybridized carbons (Fsp3) is 0.612. The van der Waals surface area contributed by atoms with Crippen molar-refractivity contribution < 1.29 is 15.0 Å². The molecule has 4 heteroatoms. The van der Waals surface area contributed by atoms with Gasteiger partial charge in [-0.3, -0.25) is 4.79 Å². The monoisotopic (exact) mass is 732 g/mol. The van der Waals surface area contributed by atoms with Gasteiger partial charge in [-0.05, 0) is 83.5 Å². The van der Waals surface area contributed by atoms with Crippen LogP contribution in [0.3, 0.4) is 0 Å². The number of aliphatic hydroxyl groups excluding tert-OH is 2. The van der Waals surface area contributed by atoms with Crippen LogP contribution in [0, 0.1) is 0 Å². The van der Waals surface area contributed by atoms with Crippen LogP contribution < -0.4 is 5.32 Å². The maximum atomic E-state index is 12.3. The quantitative estimate of drug-likeness (QED) is 0.0440. The van der Waals surface area contributed by atoms with Crippen LogP contribution in [0.5, 0.6) is 0 Å². The smallest absolute Gasteiger partial charge is 0.220 e. The lowest BCUT2D eigenvalue weighted by Crippen LogP contribution is -2.45. The third kappa shape index (κ3) is 40.1. The fourth-order valence-corrected chi connectivity index (χ4v) is 5.72. The van der Waals surface area contributed by atoms with E-state index in [1.807, 2.05) is 6.08 Å². The number of allylic oxidation sites excluding steroid dienone is 17. The lowest BCUT2D eigenvalue weighted by atomic mass is 10.1. The molecule has 0 spiro atoms. The number of aliphatic hydroxyl groups is 2. The molecule has 0 aromatic carbocycles. The Bertz CT molecular complexity index is 1060. The standard InChI is InChI=1S/C49H81NO3/c1-3-5-7-9-11-13-14-15-16-17-18-19-20-21-22-23-24-25-26-27-28-29-30-31-32-33-34-35-36-37-39-41-43-45-49(53)50-47(46-51)48(52)44-42-40-38-12-10-8-6-4-2/h5,7,11,13,15-16,18-19,21-22,24-25,27-28,30-31,42,44,47-48,51-52H,3-4,6,8-10,12,14,17,20,23,26,29,32-41,43,45-46H2,1-2H3,(H,50,53)/b7-5-,13-11-,16-15-,19-18-,22-21-,25-24-,28-27-,31-30-,44-42+. The molecule has 4 nitrogen and oxygen atoms in total. The molecule has 300 valence electrons. The molecule has 1 amide bonds. The molecule has 0 aromatic rings. The van der Waals surface area contributed by atoms with Gasteiger partial charge in [0.1, 0.15) is 0 Å². The lowest BCUT2D eigenvalue weighted by Gasteiger charge is -2.20. The van der Waals surface area contributed by atoms with E-state index in [-0.39, 0.29) is 12.5 Å². The van der Waals surface area contributed by atoms with Gasteiger partial charge in [0.05, 0.1) is 18.8 Å². The van der Waals surface area contributed by atoms with Crippen molar-refractivity contribution >= 4 is 5.91 Å². The summed E-state index contributed by atoms with van der Waals surface area (Å²) in [7, 11) is 0. The molecule has 0 aliphatic carbocycles. The third-order valence-corrected chi connectivity index (χ3v) is 9.01. The molecule has 0 rings (SSSR count). The highest BCUT2D eigenvalue weighted by Gasteiger charge is 2.17. The summed E-state index contributed by atoms with van der Waals surface area (Å²) in [5, 5.41) is 22.8. The van der Waals surface area contributed by atoms with Crippen molar-refractivity contribution in [2.45, 2.75) is 187 Å². The Morgan fingerprint density at radius 1 is 0.472 bits per heavy atom. The highest BCUT2D eigenvalue weighted by Crippen LogP contribution is 2.12. The molecule has 0 heterocycles. The summed E-state index contributed by atoms with van der Waals surface area (Å²) < 4.78 is 0. The van der Waals surface area contributed by atoms with Crippen LogP contribution in [0.1, 0.15) is 174 Å². The van der Waals surface area contributed by atoms with Gasteiger partial charge in [-0.15, -0.1) is 0 Å². The molecule has 0 aliphatic heterocycles. The maximum Gasteiger partial charge on any atom is 0.220 e. The van der Waals surface area contributed by atoms with E-state index < -0.39 is 12.1 Å². The first-order valence-electron chi connectivity index (χ1n) is 21.6. The van der Waals surface area contributed by atoms with Crippen molar-refractivity contribution in [1.82, 2.24) is 5.32 Å². The number of amides is 1. The summed E-state index contributed by atoms with van der Waals surface area (Å²) in [4.78, 5) is 12.3. The van der Waals surface area contributed by atoms with Gasteiger partial charge in [-0.1, -0.05) is 194 Å². The fourth-order valence-electron chi connectivity index (χ4n) is 5.72. The molecule has 0 radical (unpaired) electrons. The largest absolute Gasteiger partial charge is 0.394 e. The number of unbranched alkanes of at least 4 members (excludes halogenated alkanes) is 14. The van der Waals surface area contributed by atoms with Gasteiger partial charge in [-0.25, -0.2) is 0 Å². The van der Waals surface area contributed by atoms with Crippen LogP contribution in [0.4, 0.5) is 0 Å². The van der Waals surface area contributed by atoms with Crippen LogP contribution in [0.15, 0.2) is 109 Å². The molecule has 2 atom stereocenters. The predicted molar refractivity (Wildman–Crippen MR) is 234 cm³/mol. The van der Waals surface area contributed by atoms with E-state index in [1.165, 1.54) is 64.2 Å². The highest BCUT2D eigenvalue weighted by molar-refractivity contribution is 5.76. The Morgan fingerprint density at radius 2 is 0.830 bits per heavy atom. The second-order valence-electron chi connectivity index (χ2n) is 14.0. The number of nitrogens with one attached hydrogen (secondary N) is 1. The Morgan fingerprint density at radius 3 is 1.25 bits per heavy atom.